The van der Waals surface area contributed by atoms with Gasteiger partial charge in [-0.1, -0.05) is 0 Å². The second-order valence-corrected chi connectivity index (χ2v) is 7.14. The number of nitrogens with zero attached hydrogens (tertiary/aromatic N) is 3. The van der Waals surface area contributed by atoms with E-state index in [2.05, 4.69) is 15.2 Å². The van der Waals surface area contributed by atoms with E-state index in [-0.39, 0.29) is 17.7 Å². The molecule has 1 fully saturated rings. The molecule has 1 atom stereocenters. The number of hydrogen-bond acceptors (Lipinski definition) is 4. The van der Waals surface area contributed by atoms with Gasteiger partial charge in [-0.2, -0.15) is 0 Å². The SMILES string of the molecule is COC(C)(C)C[C@H](C)NC(=O)N1CCN(Cc2ccncc2)CC1. The Bertz CT molecular complexity index is 513. The summed E-state index contributed by atoms with van der Waals surface area (Å²) >= 11 is 0. The number of carbonyl (C=O) groups is 1. The molecule has 0 saturated carbocycles. The zero-order valence-corrected chi connectivity index (χ0v) is 15.3. The number of hydrogen-bond donors (Lipinski definition) is 1. The molecule has 1 aromatic rings. The first-order valence-electron chi connectivity index (χ1n) is 8.61. The maximum absolute atomic E-state index is 12.4. The fourth-order valence-electron chi connectivity index (χ4n) is 3.03. The van der Waals surface area contributed by atoms with Crippen LogP contribution in [0.15, 0.2) is 24.5 Å². The van der Waals surface area contributed by atoms with E-state index in [1.807, 2.05) is 50.2 Å². The van der Waals surface area contributed by atoms with E-state index in [0.29, 0.717) is 0 Å². The molecule has 1 saturated heterocycles. The molecule has 0 aromatic carbocycles. The molecule has 0 bridgehead atoms. The number of ether oxygens (including phenoxy) is 1. The van der Waals surface area contributed by atoms with Crippen LogP contribution in [0.25, 0.3) is 0 Å². The Kier molecular flexibility index (Phi) is 6.57. The van der Waals surface area contributed by atoms with Crippen LogP contribution >= 0.6 is 0 Å². The zero-order chi connectivity index (χ0) is 17.6. The van der Waals surface area contributed by atoms with Gasteiger partial charge in [-0.15, -0.1) is 0 Å². The van der Waals surface area contributed by atoms with Crippen molar-refractivity contribution in [2.24, 2.45) is 0 Å². The van der Waals surface area contributed by atoms with Crippen molar-refractivity contribution in [1.82, 2.24) is 20.1 Å². The molecule has 24 heavy (non-hydrogen) atoms. The molecule has 134 valence electrons. The molecule has 1 aliphatic rings. The Hall–Kier alpha value is -1.66. The number of amides is 2. The lowest BCUT2D eigenvalue weighted by molar-refractivity contribution is 0.00896. The van der Waals surface area contributed by atoms with Crippen LogP contribution in [0.5, 0.6) is 0 Å². The lowest BCUT2D eigenvalue weighted by atomic mass is 10.00. The van der Waals surface area contributed by atoms with Crippen molar-refractivity contribution in [3.63, 3.8) is 0 Å². The van der Waals surface area contributed by atoms with Gasteiger partial charge in [0, 0.05) is 58.3 Å². The molecule has 6 nitrogen and oxygen atoms in total. The summed E-state index contributed by atoms with van der Waals surface area (Å²) in [6.45, 7) is 10.3. The van der Waals surface area contributed by atoms with Gasteiger partial charge >= 0.3 is 6.03 Å². The smallest absolute Gasteiger partial charge is 0.317 e. The van der Waals surface area contributed by atoms with E-state index in [1.165, 1.54) is 5.56 Å². The van der Waals surface area contributed by atoms with Crippen LogP contribution in [0.1, 0.15) is 32.8 Å². The number of aromatic nitrogens is 1. The van der Waals surface area contributed by atoms with Gasteiger partial charge in [0.2, 0.25) is 0 Å². The van der Waals surface area contributed by atoms with Crippen LogP contribution < -0.4 is 5.32 Å². The number of piperazine rings is 1. The van der Waals surface area contributed by atoms with E-state index in [9.17, 15) is 4.79 Å². The molecular formula is C18H30N4O2. The highest BCUT2D eigenvalue weighted by molar-refractivity contribution is 5.74. The van der Waals surface area contributed by atoms with Crippen LogP contribution in [-0.4, -0.2) is 65.7 Å². The maximum Gasteiger partial charge on any atom is 0.317 e. The number of nitrogens with one attached hydrogen (secondary N) is 1. The molecule has 1 aromatic heterocycles. The minimum atomic E-state index is -0.226. The molecular weight excluding hydrogens is 304 g/mol. The Labute approximate surface area is 145 Å². The maximum atomic E-state index is 12.4. The Morgan fingerprint density at radius 3 is 2.50 bits per heavy atom. The normalized spacial score (nSPS) is 17.6. The van der Waals surface area contributed by atoms with Gasteiger partial charge in [0.15, 0.2) is 0 Å². The average molecular weight is 334 g/mol. The molecule has 2 heterocycles. The fraction of sp³-hybridized carbons (Fsp3) is 0.667. The summed E-state index contributed by atoms with van der Waals surface area (Å²) in [4.78, 5) is 20.7. The first-order valence-corrected chi connectivity index (χ1v) is 8.61. The van der Waals surface area contributed by atoms with E-state index in [1.54, 1.807) is 7.11 Å². The second kappa shape index (κ2) is 8.44. The van der Waals surface area contributed by atoms with E-state index >= 15 is 0 Å². The summed E-state index contributed by atoms with van der Waals surface area (Å²) in [5.74, 6) is 0. The van der Waals surface area contributed by atoms with Crippen molar-refractivity contribution in [3.8, 4) is 0 Å². The summed E-state index contributed by atoms with van der Waals surface area (Å²) in [7, 11) is 1.70. The standard InChI is InChI=1S/C18H30N4O2/c1-15(13-18(2,3)24-4)20-17(23)22-11-9-21(10-12-22)14-16-5-7-19-8-6-16/h5-8,15H,9-14H2,1-4H3,(H,20,23)/t15-/m0/s1. The lowest BCUT2D eigenvalue weighted by Crippen LogP contribution is -2.53. The predicted molar refractivity (Wildman–Crippen MR) is 94.8 cm³/mol. The summed E-state index contributed by atoms with van der Waals surface area (Å²) in [6, 6.07) is 4.19. The second-order valence-electron chi connectivity index (χ2n) is 7.14. The van der Waals surface area contributed by atoms with Crippen molar-refractivity contribution in [2.45, 2.75) is 45.4 Å². The Balaban J connectivity index is 1.74. The predicted octanol–water partition coefficient (Wildman–Crippen LogP) is 2.11. The van der Waals surface area contributed by atoms with Crippen LogP contribution in [0.3, 0.4) is 0 Å². The van der Waals surface area contributed by atoms with Crippen molar-refractivity contribution < 1.29 is 9.53 Å². The van der Waals surface area contributed by atoms with Crippen molar-refractivity contribution in [3.05, 3.63) is 30.1 Å². The largest absolute Gasteiger partial charge is 0.379 e. The molecule has 0 radical (unpaired) electrons. The lowest BCUT2D eigenvalue weighted by Gasteiger charge is -2.36. The Morgan fingerprint density at radius 1 is 1.29 bits per heavy atom. The van der Waals surface area contributed by atoms with Gasteiger partial charge in [0.25, 0.3) is 0 Å². The minimum Gasteiger partial charge on any atom is -0.379 e. The van der Waals surface area contributed by atoms with Gasteiger partial charge in [0.1, 0.15) is 0 Å². The fourth-order valence-corrected chi connectivity index (χ4v) is 3.03. The quantitative estimate of drug-likeness (QED) is 0.866. The van der Waals surface area contributed by atoms with Crippen molar-refractivity contribution in [1.29, 1.82) is 0 Å². The summed E-state index contributed by atoms with van der Waals surface area (Å²) in [6.07, 6.45) is 4.43. The molecule has 1 N–H and O–H groups in total. The molecule has 1 aliphatic heterocycles. The highest BCUT2D eigenvalue weighted by Crippen LogP contribution is 2.15. The molecule has 0 aliphatic carbocycles. The molecule has 2 rings (SSSR count). The van der Waals surface area contributed by atoms with Gasteiger partial charge in [-0.3, -0.25) is 9.88 Å². The summed E-state index contributed by atoms with van der Waals surface area (Å²) in [5, 5.41) is 3.08. The zero-order valence-electron chi connectivity index (χ0n) is 15.3. The number of carbonyl (C=O) groups excluding carboxylic acids is 1. The highest BCUT2D eigenvalue weighted by atomic mass is 16.5. The van der Waals surface area contributed by atoms with E-state index in [0.717, 1.165) is 39.1 Å². The van der Waals surface area contributed by atoms with Crippen LogP contribution in [0, 0.1) is 0 Å². The monoisotopic (exact) mass is 334 g/mol. The van der Waals surface area contributed by atoms with Gasteiger partial charge in [0.05, 0.1) is 5.60 Å². The van der Waals surface area contributed by atoms with E-state index in [4.69, 9.17) is 4.74 Å². The first kappa shape index (κ1) is 18.7. The van der Waals surface area contributed by atoms with Crippen molar-refractivity contribution >= 4 is 6.03 Å². The third kappa shape index (κ3) is 5.76. The van der Waals surface area contributed by atoms with Crippen LogP contribution in [0.4, 0.5) is 4.79 Å². The molecule has 2 amide bonds. The van der Waals surface area contributed by atoms with Crippen molar-refractivity contribution in [2.75, 3.05) is 33.3 Å². The van der Waals surface area contributed by atoms with Crippen LogP contribution in [-0.2, 0) is 11.3 Å². The average Bonchev–Trinajstić information content (AvgIpc) is 2.56. The van der Waals surface area contributed by atoms with Gasteiger partial charge in [-0.05, 0) is 44.9 Å². The van der Waals surface area contributed by atoms with Gasteiger partial charge < -0.3 is 15.0 Å². The minimum absolute atomic E-state index is 0.0259. The number of rotatable bonds is 6. The summed E-state index contributed by atoms with van der Waals surface area (Å²) < 4.78 is 5.43. The van der Waals surface area contributed by atoms with Gasteiger partial charge in [-0.25, -0.2) is 4.79 Å². The third-order valence-corrected chi connectivity index (χ3v) is 4.54. The Morgan fingerprint density at radius 2 is 1.92 bits per heavy atom. The molecule has 0 spiro atoms. The molecule has 6 heteroatoms. The first-order chi connectivity index (χ1) is 11.4. The number of methoxy groups -OCH3 is 1. The summed E-state index contributed by atoms with van der Waals surface area (Å²) in [5.41, 5.74) is 1.04. The van der Waals surface area contributed by atoms with E-state index < -0.39 is 0 Å². The molecule has 0 unspecified atom stereocenters. The number of urea groups is 1. The third-order valence-electron chi connectivity index (χ3n) is 4.54. The van der Waals surface area contributed by atoms with Crippen LogP contribution in [0.2, 0.25) is 0 Å². The highest BCUT2D eigenvalue weighted by Gasteiger charge is 2.25. The number of pyridine rings is 1. The topological polar surface area (TPSA) is 57.7 Å².